The molecular weight excluding hydrogens is 377 g/mol. The normalized spacial score (nSPS) is 12.3. The Labute approximate surface area is 166 Å². The standard InChI is InChI=1S/C20H22FN5O3/c1-24(2)16(12-6-5-7-14(21)8-12)11-23-18(27)13-9-15-17(22-10-13)25(3)20(29)26(4)19(15)28/h5-10,16H,11H2,1-4H3,(H,23,27)/t16-/m0/s1. The molecule has 1 amide bonds. The lowest BCUT2D eigenvalue weighted by Gasteiger charge is -2.25. The number of carbonyl (C=O) groups is 1. The average Bonchev–Trinajstić information content (AvgIpc) is 2.70. The molecule has 152 valence electrons. The second-order valence-corrected chi connectivity index (χ2v) is 7.05. The van der Waals surface area contributed by atoms with E-state index >= 15 is 0 Å². The second-order valence-electron chi connectivity index (χ2n) is 7.05. The van der Waals surface area contributed by atoms with Gasteiger partial charge in [-0.15, -0.1) is 0 Å². The van der Waals surface area contributed by atoms with Gasteiger partial charge in [0.1, 0.15) is 11.5 Å². The van der Waals surface area contributed by atoms with Gasteiger partial charge in [0.25, 0.3) is 11.5 Å². The molecule has 0 bridgehead atoms. The van der Waals surface area contributed by atoms with Crippen LogP contribution in [0.2, 0.25) is 0 Å². The van der Waals surface area contributed by atoms with Crippen LogP contribution < -0.4 is 16.6 Å². The second kappa shape index (κ2) is 7.96. The van der Waals surface area contributed by atoms with Crippen molar-refractivity contribution >= 4 is 16.9 Å². The Morgan fingerprint density at radius 3 is 2.59 bits per heavy atom. The third-order valence-corrected chi connectivity index (χ3v) is 4.87. The molecule has 1 N–H and O–H groups in total. The van der Waals surface area contributed by atoms with Crippen molar-refractivity contribution in [2.75, 3.05) is 20.6 Å². The lowest BCUT2D eigenvalue weighted by Crippen LogP contribution is -2.38. The fourth-order valence-corrected chi connectivity index (χ4v) is 3.19. The Morgan fingerprint density at radius 2 is 1.93 bits per heavy atom. The Balaban J connectivity index is 1.88. The first-order chi connectivity index (χ1) is 13.7. The number of hydrogen-bond donors (Lipinski definition) is 1. The first-order valence-corrected chi connectivity index (χ1v) is 8.96. The molecule has 0 saturated heterocycles. The number of aromatic nitrogens is 3. The molecule has 0 aliphatic carbocycles. The highest BCUT2D eigenvalue weighted by Gasteiger charge is 2.18. The van der Waals surface area contributed by atoms with Crippen LogP contribution in [0.1, 0.15) is 22.0 Å². The Kier molecular flexibility index (Phi) is 5.60. The van der Waals surface area contributed by atoms with Crippen molar-refractivity contribution < 1.29 is 9.18 Å². The average molecular weight is 399 g/mol. The molecule has 2 heterocycles. The van der Waals surface area contributed by atoms with Gasteiger partial charge in [-0.1, -0.05) is 12.1 Å². The smallest absolute Gasteiger partial charge is 0.332 e. The summed E-state index contributed by atoms with van der Waals surface area (Å²) in [5, 5.41) is 2.98. The van der Waals surface area contributed by atoms with Crippen LogP contribution in [0.5, 0.6) is 0 Å². The van der Waals surface area contributed by atoms with Crippen molar-refractivity contribution in [3.8, 4) is 0 Å². The van der Waals surface area contributed by atoms with Gasteiger partial charge in [-0.2, -0.15) is 0 Å². The maximum Gasteiger partial charge on any atom is 0.332 e. The monoisotopic (exact) mass is 399 g/mol. The van der Waals surface area contributed by atoms with E-state index in [0.717, 1.165) is 10.1 Å². The summed E-state index contributed by atoms with van der Waals surface area (Å²) in [6.07, 6.45) is 1.32. The number of aryl methyl sites for hydroxylation is 1. The van der Waals surface area contributed by atoms with Crippen LogP contribution in [0.25, 0.3) is 11.0 Å². The van der Waals surface area contributed by atoms with Crippen LogP contribution >= 0.6 is 0 Å². The maximum absolute atomic E-state index is 13.6. The van der Waals surface area contributed by atoms with E-state index in [-0.39, 0.29) is 35.0 Å². The van der Waals surface area contributed by atoms with Gasteiger partial charge in [-0.05, 0) is 37.9 Å². The van der Waals surface area contributed by atoms with E-state index in [1.807, 2.05) is 19.0 Å². The summed E-state index contributed by atoms with van der Waals surface area (Å²) in [6.45, 7) is 0.235. The Hall–Kier alpha value is -3.33. The van der Waals surface area contributed by atoms with Crippen LogP contribution in [0.15, 0.2) is 46.1 Å². The maximum atomic E-state index is 13.6. The van der Waals surface area contributed by atoms with Crippen molar-refractivity contribution in [1.82, 2.24) is 24.3 Å². The number of fused-ring (bicyclic) bond motifs is 1. The molecule has 3 aromatic rings. The van der Waals surface area contributed by atoms with Gasteiger partial charge in [0.05, 0.1) is 17.0 Å². The van der Waals surface area contributed by atoms with Crippen molar-refractivity contribution in [2.24, 2.45) is 14.1 Å². The zero-order valence-electron chi connectivity index (χ0n) is 16.6. The molecule has 3 rings (SSSR count). The Bertz CT molecular complexity index is 1200. The fourth-order valence-electron chi connectivity index (χ4n) is 3.19. The summed E-state index contributed by atoms with van der Waals surface area (Å²) in [5.74, 6) is -0.764. The molecule has 0 radical (unpaired) electrons. The van der Waals surface area contributed by atoms with Crippen LogP contribution in [-0.4, -0.2) is 45.6 Å². The van der Waals surface area contributed by atoms with Crippen molar-refractivity contribution in [1.29, 1.82) is 0 Å². The van der Waals surface area contributed by atoms with E-state index in [2.05, 4.69) is 10.3 Å². The first kappa shape index (κ1) is 20.4. The topological polar surface area (TPSA) is 89.2 Å². The molecule has 1 aromatic carbocycles. The Morgan fingerprint density at radius 1 is 1.21 bits per heavy atom. The number of carbonyl (C=O) groups excluding carboxylic acids is 1. The zero-order chi connectivity index (χ0) is 21.3. The molecular formula is C20H22FN5O3. The zero-order valence-corrected chi connectivity index (χ0v) is 16.6. The third kappa shape index (κ3) is 3.95. The molecule has 0 fully saturated rings. The predicted molar refractivity (Wildman–Crippen MR) is 107 cm³/mol. The van der Waals surface area contributed by atoms with Gasteiger partial charge in [-0.25, -0.2) is 14.2 Å². The molecule has 8 nitrogen and oxygen atoms in total. The number of nitrogens with zero attached hydrogens (tertiary/aromatic N) is 4. The quantitative estimate of drug-likeness (QED) is 0.686. The number of rotatable bonds is 5. The van der Waals surface area contributed by atoms with Gasteiger partial charge >= 0.3 is 5.69 Å². The summed E-state index contributed by atoms with van der Waals surface area (Å²) < 4.78 is 15.8. The van der Waals surface area contributed by atoms with E-state index in [9.17, 15) is 18.8 Å². The molecule has 9 heteroatoms. The lowest BCUT2D eigenvalue weighted by atomic mass is 10.1. The number of halogens is 1. The number of likely N-dealkylation sites (N-methyl/N-ethyl adjacent to an activating group) is 1. The highest BCUT2D eigenvalue weighted by atomic mass is 19.1. The highest BCUT2D eigenvalue weighted by molar-refractivity contribution is 5.96. The minimum absolute atomic E-state index is 0.177. The van der Waals surface area contributed by atoms with Crippen LogP contribution in [0.3, 0.4) is 0 Å². The van der Waals surface area contributed by atoms with E-state index in [4.69, 9.17) is 0 Å². The molecule has 2 aromatic heterocycles. The summed E-state index contributed by atoms with van der Waals surface area (Å²) in [4.78, 5) is 43.0. The number of hydrogen-bond acceptors (Lipinski definition) is 5. The lowest BCUT2D eigenvalue weighted by molar-refractivity contribution is 0.0941. The van der Waals surface area contributed by atoms with Crippen LogP contribution in [0, 0.1) is 5.82 Å². The SMILES string of the molecule is CN(C)[C@@H](CNC(=O)c1cnc2c(c1)c(=O)n(C)c(=O)n2C)c1cccc(F)c1. The van der Waals surface area contributed by atoms with E-state index in [1.165, 1.54) is 43.1 Å². The molecule has 0 saturated carbocycles. The van der Waals surface area contributed by atoms with Gasteiger partial charge in [0.15, 0.2) is 0 Å². The van der Waals surface area contributed by atoms with Gasteiger partial charge in [0, 0.05) is 26.8 Å². The molecule has 1 atom stereocenters. The summed E-state index contributed by atoms with van der Waals surface area (Å²) in [5.41, 5.74) is 0.133. The van der Waals surface area contributed by atoms with E-state index in [0.29, 0.717) is 0 Å². The van der Waals surface area contributed by atoms with Crippen LogP contribution in [-0.2, 0) is 14.1 Å². The highest BCUT2D eigenvalue weighted by Crippen LogP contribution is 2.18. The number of nitrogens with one attached hydrogen (secondary N) is 1. The third-order valence-electron chi connectivity index (χ3n) is 4.87. The van der Waals surface area contributed by atoms with Gasteiger partial charge in [-0.3, -0.25) is 18.7 Å². The van der Waals surface area contributed by atoms with Crippen molar-refractivity contribution in [3.63, 3.8) is 0 Å². The minimum Gasteiger partial charge on any atom is -0.350 e. The predicted octanol–water partition coefficient (Wildman–Crippen LogP) is 0.804. The number of amides is 1. The van der Waals surface area contributed by atoms with Crippen molar-refractivity contribution in [3.05, 3.63) is 74.3 Å². The van der Waals surface area contributed by atoms with E-state index in [1.54, 1.807) is 12.1 Å². The fraction of sp³-hybridized carbons (Fsp3) is 0.300. The summed E-state index contributed by atoms with van der Waals surface area (Å²) in [7, 11) is 6.56. The first-order valence-electron chi connectivity index (χ1n) is 8.96. The van der Waals surface area contributed by atoms with E-state index < -0.39 is 17.2 Å². The number of pyridine rings is 1. The van der Waals surface area contributed by atoms with Crippen LogP contribution in [0.4, 0.5) is 4.39 Å². The molecule has 0 unspecified atom stereocenters. The van der Waals surface area contributed by atoms with Gasteiger partial charge < -0.3 is 10.2 Å². The summed E-state index contributed by atoms with van der Waals surface area (Å²) in [6, 6.07) is 7.39. The molecule has 29 heavy (non-hydrogen) atoms. The van der Waals surface area contributed by atoms with Gasteiger partial charge in [0.2, 0.25) is 0 Å². The largest absolute Gasteiger partial charge is 0.350 e. The molecule has 0 aliphatic rings. The van der Waals surface area contributed by atoms with Crippen molar-refractivity contribution in [2.45, 2.75) is 6.04 Å². The molecule has 0 spiro atoms. The number of benzene rings is 1. The molecule has 0 aliphatic heterocycles. The summed E-state index contributed by atoms with van der Waals surface area (Å²) >= 11 is 0. The minimum atomic E-state index is -0.517.